The molecule has 4 aromatic carbocycles. The summed E-state index contributed by atoms with van der Waals surface area (Å²) in [6, 6.07) is 27.8. The van der Waals surface area contributed by atoms with E-state index in [1.54, 1.807) is 30.3 Å². The van der Waals surface area contributed by atoms with Gasteiger partial charge in [0.2, 0.25) is 0 Å². The topological polar surface area (TPSA) is 67.8 Å². The van der Waals surface area contributed by atoms with E-state index in [0.717, 1.165) is 20.8 Å². The molecule has 0 saturated heterocycles. The van der Waals surface area contributed by atoms with Gasteiger partial charge in [-0.25, -0.2) is 10.2 Å². The van der Waals surface area contributed by atoms with Crippen LogP contribution in [0.5, 0.6) is 5.75 Å². The zero-order chi connectivity index (χ0) is 23.0. The van der Waals surface area contributed by atoms with E-state index in [9.17, 15) is 9.59 Å². The Kier molecular flexibility index (Phi) is 7.07. The number of rotatable bonds is 6. The maximum absolute atomic E-state index is 12.7. The maximum atomic E-state index is 12.7. The number of hydrazone groups is 1. The number of nitrogens with zero attached hydrogens (tertiary/aromatic N) is 1. The normalized spacial score (nSPS) is 11.2. The fourth-order valence-corrected chi connectivity index (χ4v) is 3.61. The maximum Gasteiger partial charge on any atom is 0.336 e. The van der Waals surface area contributed by atoms with E-state index >= 15 is 0 Å². The first-order valence-electron chi connectivity index (χ1n) is 10.2. The van der Waals surface area contributed by atoms with Crippen molar-refractivity contribution in [2.45, 2.75) is 0 Å². The standard InChI is InChI=1S/C27H19BrN2O3/c28-22-14-15-25(33-26(31)16-13-19-7-2-1-3-8-19)21(17-22)18-29-30-27(32)24-12-6-10-20-9-4-5-11-23(20)24/h1-18H,(H,30,32). The van der Waals surface area contributed by atoms with Crippen LogP contribution in [0.15, 0.2) is 107 Å². The first-order chi connectivity index (χ1) is 16.1. The van der Waals surface area contributed by atoms with Crippen molar-refractivity contribution in [2.75, 3.05) is 0 Å². The summed E-state index contributed by atoms with van der Waals surface area (Å²) >= 11 is 3.41. The Morgan fingerprint density at radius 2 is 1.64 bits per heavy atom. The molecule has 0 unspecified atom stereocenters. The minimum atomic E-state index is -0.518. The van der Waals surface area contributed by atoms with E-state index in [0.29, 0.717) is 16.9 Å². The van der Waals surface area contributed by atoms with Gasteiger partial charge in [0.05, 0.1) is 6.21 Å². The van der Waals surface area contributed by atoms with Gasteiger partial charge in [0.15, 0.2) is 0 Å². The lowest BCUT2D eigenvalue weighted by molar-refractivity contribution is -0.128. The highest BCUT2D eigenvalue weighted by molar-refractivity contribution is 9.10. The number of benzene rings is 4. The zero-order valence-electron chi connectivity index (χ0n) is 17.4. The van der Waals surface area contributed by atoms with Gasteiger partial charge < -0.3 is 4.74 Å². The number of carbonyl (C=O) groups is 2. The number of carbonyl (C=O) groups excluding carboxylic acids is 2. The van der Waals surface area contributed by atoms with Crippen LogP contribution >= 0.6 is 15.9 Å². The third kappa shape index (κ3) is 5.81. The van der Waals surface area contributed by atoms with Gasteiger partial charge in [-0.15, -0.1) is 0 Å². The number of hydrogen-bond acceptors (Lipinski definition) is 4. The Labute approximate surface area is 199 Å². The Bertz CT molecular complexity index is 1360. The van der Waals surface area contributed by atoms with Crippen molar-refractivity contribution < 1.29 is 14.3 Å². The van der Waals surface area contributed by atoms with Crippen LogP contribution in [0.4, 0.5) is 0 Å². The molecule has 0 spiro atoms. The molecular weight excluding hydrogens is 480 g/mol. The van der Waals surface area contributed by atoms with Crippen LogP contribution in [0.25, 0.3) is 16.8 Å². The molecule has 5 nitrogen and oxygen atoms in total. The SMILES string of the molecule is O=C(C=Cc1ccccc1)Oc1ccc(Br)cc1C=NNC(=O)c1cccc2ccccc12. The van der Waals surface area contributed by atoms with Crippen molar-refractivity contribution in [3.63, 3.8) is 0 Å². The van der Waals surface area contributed by atoms with Gasteiger partial charge >= 0.3 is 5.97 Å². The highest BCUT2D eigenvalue weighted by Crippen LogP contribution is 2.22. The lowest BCUT2D eigenvalue weighted by Crippen LogP contribution is -2.18. The molecule has 0 atom stereocenters. The second-order valence-corrected chi connectivity index (χ2v) is 7.99. The minimum absolute atomic E-state index is 0.323. The van der Waals surface area contributed by atoms with E-state index in [1.807, 2.05) is 66.7 Å². The van der Waals surface area contributed by atoms with E-state index in [4.69, 9.17) is 4.74 Å². The lowest BCUT2D eigenvalue weighted by Gasteiger charge is -2.07. The molecule has 0 bridgehead atoms. The molecule has 0 saturated carbocycles. The number of fused-ring (bicyclic) bond motifs is 1. The van der Waals surface area contributed by atoms with Crippen LogP contribution in [0, 0.1) is 0 Å². The fraction of sp³-hybridized carbons (Fsp3) is 0. The van der Waals surface area contributed by atoms with Gasteiger partial charge in [0, 0.05) is 21.7 Å². The number of hydrogen-bond donors (Lipinski definition) is 1. The monoisotopic (exact) mass is 498 g/mol. The number of nitrogens with one attached hydrogen (secondary N) is 1. The second-order valence-electron chi connectivity index (χ2n) is 7.07. The summed E-state index contributed by atoms with van der Waals surface area (Å²) in [5.41, 5.74) is 4.50. The second kappa shape index (κ2) is 10.5. The summed E-state index contributed by atoms with van der Waals surface area (Å²) in [5.74, 6) is -0.526. The highest BCUT2D eigenvalue weighted by Gasteiger charge is 2.10. The predicted molar refractivity (Wildman–Crippen MR) is 134 cm³/mol. The molecule has 0 fully saturated rings. The number of halogens is 1. The van der Waals surface area contributed by atoms with E-state index in [-0.39, 0.29) is 5.91 Å². The molecule has 4 aromatic rings. The van der Waals surface area contributed by atoms with Gasteiger partial charge in [-0.3, -0.25) is 4.79 Å². The molecule has 0 heterocycles. The van der Waals surface area contributed by atoms with Gasteiger partial charge in [-0.05, 0) is 46.7 Å². The smallest absolute Gasteiger partial charge is 0.336 e. The van der Waals surface area contributed by atoms with Crippen molar-refractivity contribution in [3.8, 4) is 5.75 Å². The Morgan fingerprint density at radius 3 is 2.48 bits per heavy atom. The first kappa shape index (κ1) is 22.2. The molecule has 1 N–H and O–H groups in total. The summed E-state index contributed by atoms with van der Waals surface area (Å²) in [6.45, 7) is 0. The summed E-state index contributed by atoms with van der Waals surface area (Å²) in [5, 5.41) is 5.89. The van der Waals surface area contributed by atoms with E-state index in [2.05, 4.69) is 26.5 Å². The molecule has 0 aromatic heterocycles. The summed E-state index contributed by atoms with van der Waals surface area (Å²) in [7, 11) is 0. The van der Waals surface area contributed by atoms with Crippen LogP contribution in [-0.2, 0) is 4.79 Å². The largest absolute Gasteiger partial charge is 0.423 e. The van der Waals surface area contributed by atoms with Crippen LogP contribution in [0.3, 0.4) is 0 Å². The van der Waals surface area contributed by atoms with Crippen LogP contribution in [0.2, 0.25) is 0 Å². The number of amides is 1. The molecule has 162 valence electrons. The van der Waals surface area contributed by atoms with Crippen molar-refractivity contribution in [1.29, 1.82) is 0 Å². The summed E-state index contributed by atoms with van der Waals surface area (Å²) in [6.07, 6.45) is 4.48. The summed E-state index contributed by atoms with van der Waals surface area (Å²) in [4.78, 5) is 24.9. The molecule has 0 aliphatic carbocycles. The molecule has 4 rings (SSSR count). The van der Waals surface area contributed by atoms with Gasteiger partial charge in [0.25, 0.3) is 5.91 Å². The molecular formula is C27H19BrN2O3. The minimum Gasteiger partial charge on any atom is -0.423 e. The molecule has 0 aliphatic rings. The van der Waals surface area contributed by atoms with Gasteiger partial charge in [0.1, 0.15) is 5.75 Å². The lowest BCUT2D eigenvalue weighted by atomic mass is 10.0. The van der Waals surface area contributed by atoms with Crippen molar-refractivity contribution in [1.82, 2.24) is 5.43 Å². The average Bonchev–Trinajstić information content (AvgIpc) is 2.84. The van der Waals surface area contributed by atoms with E-state index < -0.39 is 5.97 Å². The first-order valence-corrected chi connectivity index (χ1v) is 10.9. The Balaban J connectivity index is 1.47. The van der Waals surface area contributed by atoms with Gasteiger partial charge in [-0.2, -0.15) is 5.10 Å². The third-order valence-corrected chi connectivity index (χ3v) is 5.29. The molecule has 33 heavy (non-hydrogen) atoms. The van der Waals surface area contributed by atoms with E-state index in [1.165, 1.54) is 12.3 Å². The number of ether oxygens (including phenoxy) is 1. The quantitative estimate of drug-likeness (QED) is 0.117. The van der Waals surface area contributed by atoms with Crippen molar-refractivity contribution in [3.05, 3.63) is 118 Å². The predicted octanol–water partition coefficient (Wildman–Crippen LogP) is 5.99. The highest BCUT2D eigenvalue weighted by atomic mass is 79.9. The molecule has 6 heteroatoms. The van der Waals surface area contributed by atoms with Gasteiger partial charge in [-0.1, -0.05) is 82.7 Å². The van der Waals surface area contributed by atoms with Crippen molar-refractivity contribution in [2.24, 2.45) is 5.10 Å². The van der Waals surface area contributed by atoms with Crippen LogP contribution in [-0.4, -0.2) is 18.1 Å². The third-order valence-electron chi connectivity index (χ3n) is 4.80. The fourth-order valence-electron chi connectivity index (χ4n) is 3.23. The molecule has 0 radical (unpaired) electrons. The van der Waals surface area contributed by atoms with Crippen LogP contribution < -0.4 is 10.2 Å². The zero-order valence-corrected chi connectivity index (χ0v) is 19.0. The average molecular weight is 499 g/mol. The molecule has 0 aliphatic heterocycles. The Morgan fingerprint density at radius 1 is 0.879 bits per heavy atom. The van der Waals surface area contributed by atoms with Crippen LogP contribution in [0.1, 0.15) is 21.5 Å². The van der Waals surface area contributed by atoms with Crippen molar-refractivity contribution >= 4 is 50.9 Å². The molecule has 1 amide bonds. The Hall–Kier alpha value is -4.03. The number of esters is 1. The summed E-state index contributed by atoms with van der Waals surface area (Å²) < 4.78 is 6.25.